The van der Waals surface area contributed by atoms with Crippen LogP contribution in [0.3, 0.4) is 0 Å². The van der Waals surface area contributed by atoms with Crippen LogP contribution in [0.25, 0.3) is 6.08 Å². The van der Waals surface area contributed by atoms with Crippen LogP contribution in [0.1, 0.15) is 16.7 Å². The Bertz CT molecular complexity index is 1280. The van der Waals surface area contributed by atoms with E-state index in [0.29, 0.717) is 25.8 Å². The Balaban J connectivity index is 1.46. The van der Waals surface area contributed by atoms with Crippen LogP contribution in [-0.4, -0.2) is 16.0 Å². The van der Waals surface area contributed by atoms with E-state index in [1.807, 2.05) is 0 Å². The number of carbonyl (C=O) groups is 2. The fourth-order valence-electron chi connectivity index (χ4n) is 3.10. The van der Waals surface area contributed by atoms with Crippen molar-refractivity contribution in [1.82, 2.24) is 4.90 Å². The predicted molar refractivity (Wildman–Crippen MR) is 133 cm³/mol. The van der Waals surface area contributed by atoms with Crippen LogP contribution in [0.4, 0.5) is 9.18 Å². The topological polar surface area (TPSA) is 46.6 Å². The molecule has 4 rings (SSSR count). The SMILES string of the molecule is O=C1S/C(=C/c2ccc(OCc3ccc(Cl)cc3Cl)c(Br)c2)C(=O)N1Cc1ccccc1F. The number of carbonyl (C=O) groups excluding carboxylic acids is 2. The number of thioether (sulfide) groups is 1. The molecule has 33 heavy (non-hydrogen) atoms. The molecule has 1 aliphatic rings. The van der Waals surface area contributed by atoms with E-state index in [-0.39, 0.29) is 23.6 Å². The van der Waals surface area contributed by atoms with Crippen LogP contribution in [-0.2, 0) is 17.9 Å². The lowest BCUT2D eigenvalue weighted by molar-refractivity contribution is -0.123. The molecule has 0 aliphatic carbocycles. The third-order valence-corrected chi connectivity index (χ3v) is 6.93. The zero-order valence-electron chi connectivity index (χ0n) is 16.9. The highest BCUT2D eigenvalue weighted by Gasteiger charge is 2.35. The van der Waals surface area contributed by atoms with E-state index in [1.165, 1.54) is 6.07 Å². The molecule has 168 valence electrons. The maximum absolute atomic E-state index is 13.9. The Hall–Kier alpha value is -2.32. The van der Waals surface area contributed by atoms with Gasteiger partial charge in [0.2, 0.25) is 0 Å². The monoisotopic (exact) mass is 565 g/mol. The van der Waals surface area contributed by atoms with Crippen molar-refractivity contribution in [2.45, 2.75) is 13.2 Å². The second-order valence-electron chi connectivity index (χ2n) is 7.07. The number of ether oxygens (including phenoxy) is 1. The summed E-state index contributed by atoms with van der Waals surface area (Å²) in [6, 6.07) is 16.6. The average Bonchev–Trinajstić information content (AvgIpc) is 3.03. The number of halogens is 4. The summed E-state index contributed by atoms with van der Waals surface area (Å²) in [7, 11) is 0. The first-order chi connectivity index (χ1) is 15.8. The fourth-order valence-corrected chi connectivity index (χ4v) is 4.92. The molecule has 0 aromatic heterocycles. The molecule has 0 atom stereocenters. The lowest BCUT2D eigenvalue weighted by Gasteiger charge is -2.13. The summed E-state index contributed by atoms with van der Waals surface area (Å²) in [6.45, 7) is 0.140. The van der Waals surface area contributed by atoms with Gasteiger partial charge in [0.05, 0.1) is 15.9 Å². The van der Waals surface area contributed by atoms with E-state index in [1.54, 1.807) is 60.7 Å². The van der Waals surface area contributed by atoms with Crippen LogP contribution in [0.5, 0.6) is 5.75 Å². The highest BCUT2D eigenvalue weighted by Crippen LogP contribution is 2.35. The summed E-state index contributed by atoms with van der Waals surface area (Å²) in [5.41, 5.74) is 1.78. The molecule has 0 spiro atoms. The van der Waals surface area contributed by atoms with Gasteiger partial charge in [-0.2, -0.15) is 0 Å². The minimum atomic E-state index is -0.458. The van der Waals surface area contributed by atoms with Crippen molar-refractivity contribution in [3.8, 4) is 5.75 Å². The molecule has 4 nitrogen and oxygen atoms in total. The molecule has 2 amide bonds. The van der Waals surface area contributed by atoms with Crippen molar-refractivity contribution in [2.24, 2.45) is 0 Å². The first-order valence-electron chi connectivity index (χ1n) is 9.67. The van der Waals surface area contributed by atoms with Gasteiger partial charge in [-0.25, -0.2) is 4.39 Å². The molecule has 0 radical (unpaired) electrons. The lowest BCUT2D eigenvalue weighted by Crippen LogP contribution is -2.27. The van der Waals surface area contributed by atoms with E-state index in [4.69, 9.17) is 27.9 Å². The minimum Gasteiger partial charge on any atom is -0.488 e. The molecule has 0 bridgehead atoms. The summed E-state index contributed by atoms with van der Waals surface area (Å²) in [5.74, 6) is -0.326. The summed E-state index contributed by atoms with van der Waals surface area (Å²) in [5, 5.41) is 0.627. The second kappa shape index (κ2) is 10.3. The van der Waals surface area contributed by atoms with Gasteiger partial charge >= 0.3 is 0 Å². The molecule has 3 aromatic carbocycles. The highest BCUT2D eigenvalue weighted by atomic mass is 79.9. The Labute approximate surface area is 212 Å². The first-order valence-corrected chi connectivity index (χ1v) is 12.0. The first kappa shape index (κ1) is 23.8. The van der Waals surface area contributed by atoms with Crippen LogP contribution < -0.4 is 4.74 Å². The molecule has 9 heteroatoms. The van der Waals surface area contributed by atoms with Crippen molar-refractivity contribution in [3.05, 3.63) is 103 Å². The fraction of sp³-hybridized carbons (Fsp3) is 0.0833. The molecule has 1 heterocycles. The number of hydrogen-bond donors (Lipinski definition) is 0. The number of amides is 2. The summed E-state index contributed by atoms with van der Waals surface area (Å²) < 4.78 is 20.4. The third-order valence-electron chi connectivity index (χ3n) is 4.81. The van der Waals surface area contributed by atoms with E-state index in [9.17, 15) is 14.0 Å². The van der Waals surface area contributed by atoms with E-state index in [0.717, 1.165) is 22.2 Å². The Morgan fingerprint density at radius 2 is 1.82 bits per heavy atom. The van der Waals surface area contributed by atoms with Gasteiger partial charge in [0.25, 0.3) is 11.1 Å². The maximum Gasteiger partial charge on any atom is 0.293 e. The second-order valence-corrected chi connectivity index (χ2v) is 9.76. The van der Waals surface area contributed by atoms with Crippen molar-refractivity contribution in [3.63, 3.8) is 0 Å². The van der Waals surface area contributed by atoms with Crippen LogP contribution >= 0.6 is 50.9 Å². The molecule has 1 saturated heterocycles. The molecule has 0 N–H and O–H groups in total. The van der Waals surface area contributed by atoms with Crippen molar-refractivity contribution >= 4 is 68.1 Å². The minimum absolute atomic E-state index is 0.113. The van der Waals surface area contributed by atoms with Gasteiger partial charge in [0.1, 0.15) is 18.2 Å². The van der Waals surface area contributed by atoms with Gasteiger partial charge in [-0.15, -0.1) is 0 Å². The van der Waals surface area contributed by atoms with E-state index in [2.05, 4.69) is 15.9 Å². The Kier molecular flexibility index (Phi) is 7.44. The molecular weight excluding hydrogens is 552 g/mol. The van der Waals surface area contributed by atoms with Crippen molar-refractivity contribution < 1.29 is 18.7 Å². The van der Waals surface area contributed by atoms with Crippen LogP contribution in [0.2, 0.25) is 10.0 Å². The van der Waals surface area contributed by atoms with Gasteiger partial charge in [0.15, 0.2) is 0 Å². The largest absolute Gasteiger partial charge is 0.488 e. The third kappa shape index (κ3) is 5.61. The zero-order chi connectivity index (χ0) is 23.5. The quantitative estimate of drug-likeness (QED) is 0.287. The maximum atomic E-state index is 13.9. The molecule has 3 aromatic rings. The highest BCUT2D eigenvalue weighted by molar-refractivity contribution is 9.10. The van der Waals surface area contributed by atoms with E-state index >= 15 is 0 Å². The van der Waals surface area contributed by atoms with Crippen molar-refractivity contribution in [2.75, 3.05) is 0 Å². The molecular formula is C24H15BrCl2FNO3S. The molecule has 0 saturated carbocycles. The lowest BCUT2D eigenvalue weighted by atomic mass is 10.2. The number of imide groups is 1. The number of nitrogens with zero attached hydrogens (tertiary/aromatic N) is 1. The number of hydrogen-bond acceptors (Lipinski definition) is 4. The number of rotatable bonds is 6. The van der Waals surface area contributed by atoms with Crippen LogP contribution in [0.15, 0.2) is 70.0 Å². The predicted octanol–water partition coefficient (Wildman–Crippen LogP) is 7.71. The average molecular weight is 567 g/mol. The van der Waals surface area contributed by atoms with Crippen LogP contribution in [0, 0.1) is 5.82 Å². The van der Waals surface area contributed by atoms with Gasteiger partial charge in [-0.3, -0.25) is 14.5 Å². The van der Waals surface area contributed by atoms with Gasteiger partial charge < -0.3 is 4.74 Å². The van der Waals surface area contributed by atoms with Gasteiger partial charge in [-0.1, -0.05) is 53.5 Å². The smallest absolute Gasteiger partial charge is 0.293 e. The summed E-state index contributed by atoms with van der Waals surface area (Å²) in [6.07, 6.45) is 1.62. The zero-order valence-corrected chi connectivity index (χ0v) is 20.8. The van der Waals surface area contributed by atoms with Crippen molar-refractivity contribution in [1.29, 1.82) is 0 Å². The molecule has 1 aliphatic heterocycles. The molecule has 0 unspecified atom stereocenters. The number of benzene rings is 3. The standard InChI is InChI=1S/C24H15BrCl2FNO3S/c25-18-9-14(5-8-21(18)32-13-16-6-7-17(26)11-19(16)27)10-22-23(30)29(24(31)33-22)12-15-3-1-2-4-20(15)28/h1-11H,12-13H2/b22-10+. The molecule has 1 fully saturated rings. The summed E-state index contributed by atoms with van der Waals surface area (Å²) >= 11 is 16.4. The van der Waals surface area contributed by atoms with Gasteiger partial charge in [0, 0.05) is 21.2 Å². The van der Waals surface area contributed by atoms with E-state index < -0.39 is 17.0 Å². The van der Waals surface area contributed by atoms with Gasteiger partial charge in [-0.05, 0) is 69.7 Å². The Morgan fingerprint density at radius 1 is 1.03 bits per heavy atom. The Morgan fingerprint density at radius 3 is 2.55 bits per heavy atom. The normalized spacial score (nSPS) is 14.9. The summed E-state index contributed by atoms with van der Waals surface area (Å²) in [4.78, 5) is 26.4.